The first kappa shape index (κ1) is 16.0. The molecule has 0 radical (unpaired) electrons. The van der Waals surface area contributed by atoms with Crippen LogP contribution in [0, 0.1) is 0 Å². The minimum Gasteiger partial charge on any atom is -0.447 e. The molecule has 1 aliphatic rings. The van der Waals surface area contributed by atoms with Crippen LogP contribution in [0.4, 0.5) is 10.5 Å². The number of thiazole rings is 1. The lowest BCUT2D eigenvalue weighted by Crippen LogP contribution is -2.24. The van der Waals surface area contributed by atoms with Gasteiger partial charge >= 0.3 is 6.09 Å². The molecule has 1 aliphatic heterocycles. The van der Waals surface area contributed by atoms with Crippen LogP contribution in [0.5, 0.6) is 0 Å². The number of carbonyl (C=O) groups excluding carboxylic acids is 1. The van der Waals surface area contributed by atoms with Gasteiger partial charge in [-0.2, -0.15) is 0 Å². The van der Waals surface area contributed by atoms with Crippen LogP contribution >= 0.6 is 11.3 Å². The Morgan fingerprint density at radius 2 is 2.35 bits per heavy atom. The summed E-state index contributed by atoms with van der Waals surface area (Å²) in [4.78, 5) is 19.0. The molecule has 6 heteroatoms. The van der Waals surface area contributed by atoms with Gasteiger partial charge in [-0.25, -0.2) is 9.78 Å². The van der Waals surface area contributed by atoms with Gasteiger partial charge < -0.3 is 10.1 Å². The standard InChI is InChI=1S/C17H21N3O2S/c1-3-16-19-11-15(23-16)10-18-12(2)13-5-4-6-14(9-13)20-7-8-22-17(20)21/h4-6,9,11-12,18H,3,7-8,10H2,1-2H3/t12-/m0/s1. The van der Waals surface area contributed by atoms with Gasteiger partial charge in [0.1, 0.15) is 6.61 Å². The summed E-state index contributed by atoms with van der Waals surface area (Å²) in [5, 5.41) is 4.69. The minimum atomic E-state index is -0.264. The number of aryl methyl sites for hydroxylation is 1. The maximum absolute atomic E-state index is 11.7. The Kier molecular flexibility index (Phi) is 4.93. The molecule has 0 saturated carbocycles. The van der Waals surface area contributed by atoms with E-state index in [9.17, 15) is 4.79 Å². The topological polar surface area (TPSA) is 54.5 Å². The summed E-state index contributed by atoms with van der Waals surface area (Å²) in [7, 11) is 0. The van der Waals surface area contributed by atoms with Crippen LogP contribution in [0.15, 0.2) is 30.5 Å². The summed E-state index contributed by atoms with van der Waals surface area (Å²) >= 11 is 1.75. The van der Waals surface area contributed by atoms with Crippen LogP contribution in [0.2, 0.25) is 0 Å². The summed E-state index contributed by atoms with van der Waals surface area (Å²) in [5.41, 5.74) is 2.05. The highest BCUT2D eigenvalue weighted by molar-refractivity contribution is 7.11. The third-order valence-corrected chi connectivity index (χ3v) is 5.07. The van der Waals surface area contributed by atoms with E-state index in [2.05, 4.69) is 30.2 Å². The zero-order valence-electron chi connectivity index (χ0n) is 13.4. The summed E-state index contributed by atoms with van der Waals surface area (Å²) in [6, 6.07) is 8.25. The smallest absolute Gasteiger partial charge is 0.414 e. The van der Waals surface area contributed by atoms with E-state index in [0.29, 0.717) is 13.2 Å². The molecule has 0 spiro atoms. The highest BCUT2D eigenvalue weighted by Gasteiger charge is 2.23. The van der Waals surface area contributed by atoms with Gasteiger partial charge in [0.25, 0.3) is 0 Å². The fourth-order valence-corrected chi connectivity index (χ4v) is 3.37. The van der Waals surface area contributed by atoms with Crippen LogP contribution in [0.3, 0.4) is 0 Å². The lowest BCUT2D eigenvalue weighted by molar-refractivity contribution is 0.181. The number of nitrogens with one attached hydrogen (secondary N) is 1. The molecule has 1 atom stereocenters. The third-order valence-electron chi connectivity index (χ3n) is 3.93. The molecule has 2 heterocycles. The van der Waals surface area contributed by atoms with E-state index in [0.717, 1.165) is 24.2 Å². The third kappa shape index (κ3) is 3.71. The van der Waals surface area contributed by atoms with E-state index in [1.807, 2.05) is 24.4 Å². The molecular formula is C17H21N3O2S. The maximum Gasteiger partial charge on any atom is 0.414 e. The molecule has 1 saturated heterocycles. The molecule has 122 valence electrons. The van der Waals surface area contributed by atoms with Crippen molar-refractivity contribution in [2.75, 3.05) is 18.1 Å². The van der Waals surface area contributed by atoms with Crippen molar-refractivity contribution in [1.29, 1.82) is 0 Å². The van der Waals surface area contributed by atoms with E-state index >= 15 is 0 Å². The Morgan fingerprint density at radius 1 is 1.48 bits per heavy atom. The summed E-state index contributed by atoms with van der Waals surface area (Å²) in [5.74, 6) is 0. The molecule has 1 amide bonds. The molecule has 1 fully saturated rings. The molecule has 5 nitrogen and oxygen atoms in total. The number of aromatic nitrogens is 1. The second kappa shape index (κ2) is 7.10. The van der Waals surface area contributed by atoms with Gasteiger partial charge in [0.05, 0.1) is 11.6 Å². The summed E-state index contributed by atoms with van der Waals surface area (Å²) < 4.78 is 5.00. The van der Waals surface area contributed by atoms with Gasteiger partial charge in [-0.1, -0.05) is 19.1 Å². The molecule has 3 rings (SSSR count). The lowest BCUT2D eigenvalue weighted by Gasteiger charge is -2.17. The Bertz CT molecular complexity index is 686. The van der Waals surface area contributed by atoms with Crippen LogP contribution in [-0.4, -0.2) is 24.2 Å². The fraction of sp³-hybridized carbons (Fsp3) is 0.412. The molecule has 23 heavy (non-hydrogen) atoms. The van der Waals surface area contributed by atoms with E-state index in [1.54, 1.807) is 16.2 Å². The Hall–Kier alpha value is -1.92. The van der Waals surface area contributed by atoms with Crippen molar-refractivity contribution >= 4 is 23.1 Å². The Labute approximate surface area is 140 Å². The van der Waals surface area contributed by atoms with Crippen molar-refractivity contribution in [3.05, 3.63) is 45.9 Å². The number of cyclic esters (lactones) is 1. The summed E-state index contributed by atoms with van der Waals surface area (Å²) in [6.07, 6.45) is 2.66. The number of anilines is 1. The number of carbonyl (C=O) groups is 1. The van der Waals surface area contributed by atoms with Crippen molar-refractivity contribution in [1.82, 2.24) is 10.3 Å². The quantitative estimate of drug-likeness (QED) is 0.880. The Balaban J connectivity index is 1.65. The molecule has 1 aromatic carbocycles. The lowest BCUT2D eigenvalue weighted by atomic mass is 10.1. The van der Waals surface area contributed by atoms with E-state index in [1.165, 1.54) is 9.88 Å². The molecule has 0 aliphatic carbocycles. The van der Waals surface area contributed by atoms with Crippen molar-refractivity contribution in [2.24, 2.45) is 0 Å². The SMILES string of the molecule is CCc1ncc(CN[C@@H](C)c2cccc(N3CCOC3=O)c2)s1. The number of amides is 1. The number of ether oxygens (including phenoxy) is 1. The first-order valence-corrected chi connectivity index (χ1v) is 8.70. The van der Waals surface area contributed by atoms with Crippen molar-refractivity contribution in [3.8, 4) is 0 Å². The van der Waals surface area contributed by atoms with E-state index in [-0.39, 0.29) is 12.1 Å². The highest BCUT2D eigenvalue weighted by Crippen LogP contribution is 2.23. The first-order valence-electron chi connectivity index (χ1n) is 7.88. The molecule has 0 unspecified atom stereocenters. The van der Waals surface area contributed by atoms with Crippen LogP contribution in [-0.2, 0) is 17.7 Å². The number of hydrogen-bond donors (Lipinski definition) is 1. The second-order valence-electron chi connectivity index (χ2n) is 5.54. The van der Waals surface area contributed by atoms with Gasteiger partial charge in [0.2, 0.25) is 0 Å². The van der Waals surface area contributed by atoms with E-state index < -0.39 is 0 Å². The van der Waals surface area contributed by atoms with Crippen LogP contribution in [0.1, 0.15) is 35.3 Å². The highest BCUT2D eigenvalue weighted by atomic mass is 32.1. The average Bonchev–Trinajstić information content (AvgIpc) is 3.21. The zero-order valence-corrected chi connectivity index (χ0v) is 14.2. The van der Waals surface area contributed by atoms with Gasteiger partial charge in [-0.3, -0.25) is 4.90 Å². The summed E-state index contributed by atoms with van der Waals surface area (Å²) in [6.45, 7) is 6.12. The number of nitrogens with zero attached hydrogens (tertiary/aromatic N) is 2. The predicted octanol–water partition coefficient (Wildman–Crippen LogP) is 3.51. The van der Waals surface area contributed by atoms with Gasteiger partial charge in [-0.15, -0.1) is 11.3 Å². The first-order chi connectivity index (χ1) is 11.2. The van der Waals surface area contributed by atoms with Gasteiger partial charge in [-0.05, 0) is 31.0 Å². The van der Waals surface area contributed by atoms with Crippen LogP contribution in [0.25, 0.3) is 0 Å². The molecule has 0 bridgehead atoms. The number of benzene rings is 1. The monoisotopic (exact) mass is 331 g/mol. The zero-order chi connectivity index (χ0) is 16.2. The van der Waals surface area contributed by atoms with Crippen molar-refractivity contribution < 1.29 is 9.53 Å². The largest absolute Gasteiger partial charge is 0.447 e. The van der Waals surface area contributed by atoms with Crippen molar-refractivity contribution in [2.45, 2.75) is 32.9 Å². The normalized spacial score (nSPS) is 15.7. The molecule has 1 aromatic heterocycles. The maximum atomic E-state index is 11.7. The Morgan fingerprint density at radius 3 is 3.04 bits per heavy atom. The van der Waals surface area contributed by atoms with Crippen molar-refractivity contribution in [3.63, 3.8) is 0 Å². The second-order valence-corrected chi connectivity index (χ2v) is 6.74. The average molecular weight is 331 g/mol. The van der Waals surface area contributed by atoms with E-state index in [4.69, 9.17) is 4.74 Å². The molecule has 2 aromatic rings. The van der Waals surface area contributed by atoms with Crippen LogP contribution < -0.4 is 10.2 Å². The minimum absolute atomic E-state index is 0.195. The molecule has 1 N–H and O–H groups in total. The fourth-order valence-electron chi connectivity index (χ4n) is 2.55. The molecular weight excluding hydrogens is 310 g/mol. The number of hydrogen-bond acceptors (Lipinski definition) is 5. The van der Waals surface area contributed by atoms with Gasteiger partial charge in [0.15, 0.2) is 0 Å². The number of rotatable bonds is 6. The predicted molar refractivity (Wildman–Crippen MR) is 91.9 cm³/mol. The van der Waals surface area contributed by atoms with Gasteiger partial charge in [0, 0.05) is 29.3 Å².